The lowest BCUT2D eigenvalue weighted by Gasteiger charge is -2.05. The number of aliphatic imine (C=N–C) groups is 1. The van der Waals surface area contributed by atoms with E-state index in [1.165, 1.54) is 0 Å². The highest BCUT2D eigenvalue weighted by Crippen LogP contribution is 2.04. The normalized spacial score (nSPS) is 11.7. The summed E-state index contributed by atoms with van der Waals surface area (Å²) in [6.45, 7) is 5.90. The molecule has 6 heteroatoms. The third kappa shape index (κ3) is 5.91. The van der Waals surface area contributed by atoms with E-state index in [1.54, 1.807) is 0 Å². The van der Waals surface area contributed by atoms with Crippen LogP contribution in [-0.4, -0.2) is 28.4 Å². The van der Waals surface area contributed by atoms with Gasteiger partial charge in [-0.1, -0.05) is 19.9 Å². The summed E-state index contributed by atoms with van der Waals surface area (Å²) in [6, 6.07) is 5.98. The molecule has 2 rings (SSSR count). The summed E-state index contributed by atoms with van der Waals surface area (Å²) in [5.41, 5.74) is 7.84. The van der Waals surface area contributed by atoms with E-state index in [0.29, 0.717) is 11.9 Å². The van der Waals surface area contributed by atoms with Crippen molar-refractivity contribution in [1.29, 1.82) is 0 Å². The van der Waals surface area contributed by atoms with Gasteiger partial charge in [-0.05, 0) is 24.5 Å². The van der Waals surface area contributed by atoms with E-state index in [1.807, 2.05) is 35.0 Å². The van der Waals surface area contributed by atoms with Crippen LogP contribution in [-0.2, 0) is 6.42 Å². The van der Waals surface area contributed by atoms with Crippen LogP contribution in [0.1, 0.15) is 26.0 Å². The lowest BCUT2D eigenvalue weighted by Crippen LogP contribution is -2.33. The first kappa shape index (κ1) is 17.7. The Morgan fingerprint density at radius 2 is 2.24 bits per heavy atom. The van der Waals surface area contributed by atoms with E-state index in [0.717, 1.165) is 37.3 Å². The van der Waals surface area contributed by atoms with E-state index in [-0.39, 0.29) is 24.0 Å². The number of nitrogens with one attached hydrogen (secondary N) is 1. The summed E-state index contributed by atoms with van der Waals surface area (Å²) >= 11 is 0. The first-order valence-corrected chi connectivity index (χ1v) is 7.11. The second-order valence-corrected chi connectivity index (χ2v) is 5.32. The van der Waals surface area contributed by atoms with Gasteiger partial charge in [0.15, 0.2) is 5.96 Å². The van der Waals surface area contributed by atoms with Gasteiger partial charge in [-0.15, -0.1) is 24.0 Å². The Kier molecular flexibility index (Phi) is 7.49. The van der Waals surface area contributed by atoms with Crippen molar-refractivity contribution in [3.63, 3.8) is 0 Å². The fourth-order valence-corrected chi connectivity index (χ4v) is 1.93. The van der Waals surface area contributed by atoms with Gasteiger partial charge in [0.05, 0.1) is 5.69 Å². The Bertz CT molecular complexity index is 543. The van der Waals surface area contributed by atoms with Crippen molar-refractivity contribution in [1.82, 2.24) is 14.7 Å². The van der Waals surface area contributed by atoms with Crippen LogP contribution in [0.3, 0.4) is 0 Å². The zero-order valence-electron chi connectivity index (χ0n) is 12.6. The lowest BCUT2D eigenvalue weighted by atomic mass is 10.1. The Balaban J connectivity index is 0.00000220. The van der Waals surface area contributed by atoms with Crippen molar-refractivity contribution < 1.29 is 0 Å². The van der Waals surface area contributed by atoms with Crippen LogP contribution in [0.2, 0.25) is 0 Å². The molecule has 0 aromatic carbocycles. The van der Waals surface area contributed by atoms with Gasteiger partial charge < -0.3 is 15.5 Å². The fraction of sp³-hybridized carbons (Fsp3) is 0.467. The molecule has 0 aliphatic rings. The summed E-state index contributed by atoms with van der Waals surface area (Å²) in [4.78, 5) is 8.83. The standard InChI is InChI=1S/C15H23N5.HI/c1-12(2)6-8-17-15(16)18-9-7-13-11-20-10-4-3-5-14(20)19-13;/h3-5,10-12H,6-9H2,1-2H3,(H3,16,17,18);1H. The summed E-state index contributed by atoms with van der Waals surface area (Å²) in [6.07, 6.45) is 5.95. The van der Waals surface area contributed by atoms with Crippen molar-refractivity contribution >= 4 is 35.6 Å². The third-order valence-electron chi connectivity index (χ3n) is 3.09. The van der Waals surface area contributed by atoms with Crippen LogP contribution in [0.25, 0.3) is 5.65 Å². The number of imidazole rings is 1. The van der Waals surface area contributed by atoms with Gasteiger partial charge in [-0.25, -0.2) is 4.98 Å². The monoisotopic (exact) mass is 401 g/mol. The predicted octanol–water partition coefficient (Wildman–Crippen LogP) is 2.45. The fourth-order valence-electron chi connectivity index (χ4n) is 1.93. The molecule has 0 fully saturated rings. The second-order valence-electron chi connectivity index (χ2n) is 5.32. The first-order valence-electron chi connectivity index (χ1n) is 7.11. The van der Waals surface area contributed by atoms with Gasteiger partial charge in [-0.3, -0.25) is 4.99 Å². The van der Waals surface area contributed by atoms with Gasteiger partial charge in [0.1, 0.15) is 5.65 Å². The van der Waals surface area contributed by atoms with E-state index in [4.69, 9.17) is 5.73 Å². The molecule has 0 saturated heterocycles. The molecule has 2 aromatic heterocycles. The van der Waals surface area contributed by atoms with Crippen LogP contribution in [0.15, 0.2) is 35.6 Å². The number of guanidine groups is 1. The number of nitrogens with two attached hydrogens (primary N) is 1. The van der Waals surface area contributed by atoms with Crippen molar-refractivity contribution in [2.24, 2.45) is 16.6 Å². The smallest absolute Gasteiger partial charge is 0.188 e. The summed E-state index contributed by atoms with van der Waals surface area (Å²) in [5.74, 6) is 1.18. The van der Waals surface area contributed by atoms with E-state index >= 15 is 0 Å². The lowest BCUT2D eigenvalue weighted by molar-refractivity contribution is 0.595. The molecule has 0 spiro atoms. The zero-order valence-corrected chi connectivity index (χ0v) is 15.0. The van der Waals surface area contributed by atoms with E-state index < -0.39 is 0 Å². The number of hydrogen-bond donors (Lipinski definition) is 2. The van der Waals surface area contributed by atoms with E-state index in [2.05, 4.69) is 29.1 Å². The zero-order chi connectivity index (χ0) is 14.4. The second kappa shape index (κ2) is 8.86. The van der Waals surface area contributed by atoms with Gasteiger partial charge in [-0.2, -0.15) is 0 Å². The van der Waals surface area contributed by atoms with Crippen molar-refractivity contribution in [3.05, 3.63) is 36.3 Å². The van der Waals surface area contributed by atoms with Crippen molar-refractivity contribution in [2.75, 3.05) is 13.1 Å². The molecule has 3 N–H and O–H groups in total. The molecule has 0 aliphatic heterocycles. The van der Waals surface area contributed by atoms with Crippen LogP contribution in [0.5, 0.6) is 0 Å². The van der Waals surface area contributed by atoms with Crippen molar-refractivity contribution in [2.45, 2.75) is 26.7 Å². The van der Waals surface area contributed by atoms with Gasteiger partial charge >= 0.3 is 0 Å². The quantitative estimate of drug-likeness (QED) is 0.444. The molecular weight excluding hydrogens is 377 g/mol. The molecule has 21 heavy (non-hydrogen) atoms. The SMILES string of the molecule is CC(C)CCN=C(N)NCCc1cn2ccccc2n1.I. The number of nitrogens with zero attached hydrogens (tertiary/aromatic N) is 3. The number of hydrogen-bond acceptors (Lipinski definition) is 2. The van der Waals surface area contributed by atoms with E-state index in [9.17, 15) is 0 Å². The molecule has 0 atom stereocenters. The molecular formula is C15H24IN5. The summed E-state index contributed by atoms with van der Waals surface area (Å²) < 4.78 is 2.02. The molecule has 0 amide bonds. The van der Waals surface area contributed by atoms with Crippen LogP contribution in [0, 0.1) is 5.92 Å². The number of pyridine rings is 1. The highest BCUT2D eigenvalue weighted by Gasteiger charge is 2.01. The molecule has 2 heterocycles. The van der Waals surface area contributed by atoms with Crippen molar-refractivity contribution in [3.8, 4) is 0 Å². The molecule has 5 nitrogen and oxygen atoms in total. The molecule has 0 radical (unpaired) electrons. The highest BCUT2D eigenvalue weighted by atomic mass is 127. The molecule has 0 unspecified atom stereocenters. The Morgan fingerprint density at radius 3 is 2.95 bits per heavy atom. The average molecular weight is 401 g/mol. The minimum atomic E-state index is 0. The topological polar surface area (TPSA) is 67.7 Å². The number of aromatic nitrogens is 2. The Morgan fingerprint density at radius 1 is 1.43 bits per heavy atom. The van der Waals surface area contributed by atoms with Crippen LogP contribution < -0.4 is 11.1 Å². The number of fused-ring (bicyclic) bond motifs is 1. The minimum Gasteiger partial charge on any atom is -0.370 e. The molecule has 0 aliphatic carbocycles. The predicted molar refractivity (Wildman–Crippen MR) is 98.3 cm³/mol. The van der Waals surface area contributed by atoms with Gasteiger partial charge in [0.2, 0.25) is 0 Å². The molecule has 0 bridgehead atoms. The van der Waals surface area contributed by atoms with Gasteiger partial charge in [0.25, 0.3) is 0 Å². The third-order valence-corrected chi connectivity index (χ3v) is 3.09. The maximum atomic E-state index is 5.81. The Hall–Kier alpha value is -1.31. The summed E-state index contributed by atoms with van der Waals surface area (Å²) in [7, 11) is 0. The van der Waals surface area contributed by atoms with Crippen LogP contribution in [0.4, 0.5) is 0 Å². The largest absolute Gasteiger partial charge is 0.370 e. The van der Waals surface area contributed by atoms with Gasteiger partial charge in [0, 0.05) is 31.9 Å². The highest BCUT2D eigenvalue weighted by molar-refractivity contribution is 14.0. The average Bonchev–Trinajstić information content (AvgIpc) is 2.80. The Labute approximate surface area is 143 Å². The first-order chi connectivity index (χ1) is 9.65. The maximum Gasteiger partial charge on any atom is 0.188 e. The number of halogens is 1. The maximum absolute atomic E-state index is 5.81. The molecule has 116 valence electrons. The van der Waals surface area contributed by atoms with Crippen LogP contribution >= 0.6 is 24.0 Å². The number of rotatable bonds is 6. The summed E-state index contributed by atoms with van der Waals surface area (Å²) in [5, 5.41) is 3.13. The molecule has 2 aromatic rings. The molecule has 0 saturated carbocycles. The minimum absolute atomic E-state index is 0.